The molecular formula is C22H23N3O4S. The molecule has 2 amide bonds. The van der Waals surface area contributed by atoms with Crippen molar-refractivity contribution in [2.24, 2.45) is 5.92 Å². The Morgan fingerprint density at radius 1 is 1.13 bits per heavy atom. The van der Waals surface area contributed by atoms with Gasteiger partial charge in [0.15, 0.2) is 16.6 Å². The van der Waals surface area contributed by atoms with Gasteiger partial charge >= 0.3 is 0 Å². The van der Waals surface area contributed by atoms with E-state index in [4.69, 9.17) is 9.47 Å². The van der Waals surface area contributed by atoms with Crippen molar-refractivity contribution in [2.75, 3.05) is 18.5 Å². The lowest BCUT2D eigenvalue weighted by atomic mass is 9.98. The van der Waals surface area contributed by atoms with Gasteiger partial charge in [-0.3, -0.25) is 9.59 Å². The van der Waals surface area contributed by atoms with E-state index in [0.717, 1.165) is 16.6 Å². The predicted molar refractivity (Wildman–Crippen MR) is 116 cm³/mol. The van der Waals surface area contributed by atoms with E-state index in [-0.39, 0.29) is 17.7 Å². The number of hydrogen-bond donors (Lipinski definition) is 2. The number of nitrogens with one attached hydrogen (secondary N) is 2. The number of fused-ring (bicyclic) bond motifs is 2. The normalized spacial score (nSPS) is 14.7. The van der Waals surface area contributed by atoms with E-state index in [1.54, 1.807) is 24.3 Å². The van der Waals surface area contributed by atoms with Crippen molar-refractivity contribution in [1.29, 1.82) is 0 Å². The van der Waals surface area contributed by atoms with Crippen LogP contribution in [0.3, 0.4) is 0 Å². The quantitative estimate of drug-likeness (QED) is 0.626. The van der Waals surface area contributed by atoms with Gasteiger partial charge in [0.2, 0.25) is 5.91 Å². The summed E-state index contributed by atoms with van der Waals surface area (Å²) in [4.78, 5) is 30.1. The topological polar surface area (TPSA) is 89.6 Å². The number of carbonyl (C=O) groups is 2. The predicted octanol–water partition coefficient (Wildman–Crippen LogP) is 3.85. The lowest BCUT2D eigenvalue weighted by Gasteiger charge is -2.23. The van der Waals surface area contributed by atoms with Gasteiger partial charge in [-0.1, -0.05) is 49.8 Å². The van der Waals surface area contributed by atoms with E-state index in [1.165, 1.54) is 11.3 Å². The summed E-state index contributed by atoms with van der Waals surface area (Å²) in [6, 6.07) is 11.9. The van der Waals surface area contributed by atoms with E-state index in [2.05, 4.69) is 15.6 Å². The number of carbonyl (C=O) groups excluding carboxylic acids is 2. The molecule has 2 heterocycles. The molecule has 156 valence electrons. The SMILES string of the molecule is CC[C@@H](C)[C@H](NC(=O)c1ccccc1)C(=O)Nc1nc2cc3c(cc2s1)OCCO3. The smallest absolute Gasteiger partial charge is 0.251 e. The zero-order valence-corrected chi connectivity index (χ0v) is 17.6. The molecule has 0 saturated carbocycles. The second-order valence-corrected chi connectivity index (χ2v) is 8.21. The third kappa shape index (κ3) is 4.23. The highest BCUT2D eigenvalue weighted by atomic mass is 32.1. The van der Waals surface area contributed by atoms with Crippen LogP contribution in [0.5, 0.6) is 11.5 Å². The first-order valence-electron chi connectivity index (χ1n) is 9.92. The zero-order chi connectivity index (χ0) is 21.1. The first-order valence-corrected chi connectivity index (χ1v) is 10.7. The Morgan fingerprint density at radius 2 is 1.83 bits per heavy atom. The molecule has 2 aromatic carbocycles. The largest absolute Gasteiger partial charge is 0.486 e. The summed E-state index contributed by atoms with van der Waals surface area (Å²) in [7, 11) is 0. The summed E-state index contributed by atoms with van der Waals surface area (Å²) in [5.41, 5.74) is 1.25. The molecule has 0 unspecified atom stereocenters. The first kappa shape index (κ1) is 20.2. The molecule has 1 aromatic heterocycles. The van der Waals surface area contributed by atoms with Gasteiger partial charge in [-0.25, -0.2) is 4.98 Å². The summed E-state index contributed by atoms with van der Waals surface area (Å²) >= 11 is 1.36. The number of anilines is 1. The van der Waals surface area contributed by atoms with Crippen molar-refractivity contribution in [3.63, 3.8) is 0 Å². The second-order valence-electron chi connectivity index (χ2n) is 7.17. The van der Waals surface area contributed by atoms with Crippen molar-refractivity contribution in [3.05, 3.63) is 48.0 Å². The van der Waals surface area contributed by atoms with E-state index >= 15 is 0 Å². The monoisotopic (exact) mass is 425 g/mol. The molecule has 1 aliphatic heterocycles. The highest BCUT2D eigenvalue weighted by molar-refractivity contribution is 7.22. The summed E-state index contributed by atoms with van der Waals surface area (Å²) in [5.74, 6) is 0.737. The third-order valence-electron chi connectivity index (χ3n) is 5.10. The minimum Gasteiger partial charge on any atom is -0.486 e. The number of benzene rings is 2. The number of aromatic nitrogens is 1. The molecule has 2 N–H and O–H groups in total. The van der Waals surface area contributed by atoms with Gasteiger partial charge in [0.05, 0.1) is 10.2 Å². The van der Waals surface area contributed by atoms with Crippen molar-refractivity contribution in [3.8, 4) is 11.5 Å². The van der Waals surface area contributed by atoms with Crippen LogP contribution in [0, 0.1) is 5.92 Å². The van der Waals surface area contributed by atoms with Crippen LogP contribution in [0.2, 0.25) is 0 Å². The van der Waals surface area contributed by atoms with Crippen LogP contribution >= 0.6 is 11.3 Å². The lowest BCUT2D eigenvalue weighted by molar-refractivity contribution is -0.119. The van der Waals surface area contributed by atoms with Crippen molar-refractivity contribution < 1.29 is 19.1 Å². The number of nitrogens with zero attached hydrogens (tertiary/aromatic N) is 1. The Balaban J connectivity index is 1.52. The summed E-state index contributed by atoms with van der Waals surface area (Å²) in [5, 5.41) is 6.21. The number of hydrogen-bond acceptors (Lipinski definition) is 6. The maximum absolute atomic E-state index is 13.0. The van der Waals surface area contributed by atoms with Crippen LogP contribution in [-0.2, 0) is 4.79 Å². The molecule has 30 heavy (non-hydrogen) atoms. The average molecular weight is 426 g/mol. The maximum Gasteiger partial charge on any atom is 0.251 e. The average Bonchev–Trinajstić information content (AvgIpc) is 3.16. The van der Waals surface area contributed by atoms with Crippen LogP contribution in [0.1, 0.15) is 30.6 Å². The number of thiazole rings is 1. The van der Waals surface area contributed by atoms with Crippen molar-refractivity contribution in [2.45, 2.75) is 26.3 Å². The molecule has 8 heteroatoms. The van der Waals surface area contributed by atoms with Gasteiger partial charge < -0.3 is 20.1 Å². The van der Waals surface area contributed by atoms with Gasteiger partial charge in [-0.2, -0.15) is 0 Å². The molecular weight excluding hydrogens is 402 g/mol. The highest BCUT2D eigenvalue weighted by Gasteiger charge is 2.27. The Hall–Kier alpha value is -3.13. The molecule has 0 aliphatic carbocycles. The number of rotatable bonds is 6. The summed E-state index contributed by atoms with van der Waals surface area (Å²) in [6.07, 6.45) is 0.744. The van der Waals surface area contributed by atoms with Crippen LogP contribution in [0.15, 0.2) is 42.5 Å². The second kappa shape index (κ2) is 8.71. The van der Waals surface area contributed by atoms with E-state index < -0.39 is 6.04 Å². The van der Waals surface area contributed by atoms with Gasteiger partial charge in [-0.05, 0) is 18.1 Å². The molecule has 3 aromatic rings. The van der Waals surface area contributed by atoms with Crippen LogP contribution in [0.25, 0.3) is 10.2 Å². The molecule has 0 saturated heterocycles. The molecule has 1 aliphatic rings. The Kier molecular flexibility index (Phi) is 5.85. The Bertz CT molecular complexity index is 1020. The Labute approximate surface area is 178 Å². The van der Waals surface area contributed by atoms with E-state index in [1.807, 2.05) is 32.0 Å². The summed E-state index contributed by atoms with van der Waals surface area (Å²) in [6.45, 7) is 4.95. The molecule has 7 nitrogen and oxygen atoms in total. The van der Waals surface area contributed by atoms with Gasteiger partial charge in [0.1, 0.15) is 19.3 Å². The van der Waals surface area contributed by atoms with Gasteiger partial charge in [-0.15, -0.1) is 0 Å². The molecule has 0 bridgehead atoms. The third-order valence-corrected chi connectivity index (χ3v) is 6.03. The maximum atomic E-state index is 13.0. The molecule has 2 atom stereocenters. The highest BCUT2D eigenvalue weighted by Crippen LogP contribution is 2.37. The Morgan fingerprint density at radius 3 is 2.53 bits per heavy atom. The molecule has 4 rings (SSSR count). The van der Waals surface area contributed by atoms with E-state index in [9.17, 15) is 9.59 Å². The number of ether oxygens (including phenoxy) is 2. The standard InChI is InChI=1S/C22H23N3O4S/c1-3-13(2)19(24-20(26)14-7-5-4-6-8-14)21(27)25-22-23-15-11-16-17(12-18(15)30-22)29-10-9-28-16/h4-8,11-13,19H,3,9-10H2,1-2H3,(H,24,26)(H,23,25,27)/t13-,19+/m1/s1. The van der Waals surface area contributed by atoms with Crippen LogP contribution < -0.4 is 20.1 Å². The lowest BCUT2D eigenvalue weighted by Crippen LogP contribution is -2.47. The molecule has 0 radical (unpaired) electrons. The van der Waals surface area contributed by atoms with E-state index in [0.29, 0.717) is 35.4 Å². The fourth-order valence-corrected chi connectivity index (χ4v) is 4.10. The fraction of sp³-hybridized carbons (Fsp3) is 0.318. The summed E-state index contributed by atoms with van der Waals surface area (Å²) < 4.78 is 12.1. The molecule has 0 spiro atoms. The van der Waals surface area contributed by atoms with Crippen LogP contribution in [-0.4, -0.2) is 36.1 Å². The minimum absolute atomic E-state index is 0.0406. The molecule has 0 fully saturated rings. The fourth-order valence-electron chi connectivity index (χ4n) is 3.22. The van der Waals surface area contributed by atoms with Crippen molar-refractivity contribution >= 4 is 38.5 Å². The minimum atomic E-state index is -0.672. The van der Waals surface area contributed by atoms with Gasteiger partial charge in [0, 0.05) is 17.7 Å². The van der Waals surface area contributed by atoms with Gasteiger partial charge in [0.25, 0.3) is 5.91 Å². The van der Waals surface area contributed by atoms with Crippen molar-refractivity contribution in [1.82, 2.24) is 10.3 Å². The first-order chi connectivity index (χ1) is 14.5. The zero-order valence-electron chi connectivity index (χ0n) is 16.8. The van der Waals surface area contributed by atoms with Crippen LogP contribution in [0.4, 0.5) is 5.13 Å². The number of amides is 2.